The van der Waals surface area contributed by atoms with Crippen LogP contribution in [0.4, 0.5) is 16.2 Å². The third-order valence-corrected chi connectivity index (χ3v) is 5.10. The number of nitro groups is 1. The van der Waals surface area contributed by atoms with Crippen molar-refractivity contribution < 1.29 is 24.0 Å². The van der Waals surface area contributed by atoms with Crippen LogP contribution in [0.25, 0.3) is 16.8 Å². The van der Waals surface area contributed by atoms with Gasteiger partial charge in [0.05, 0.1) is 17.2 Å². The SMILES string of the molecule is CCCOc1ccc2ccccc2c1C=C1C(=O)NC(=O)N(c2ccc([N+](=O)[O-])cc2)C1=O. The molecule has 1 N–H and O–H groups in total. The van der Waals surface area contributed by atoms with Crippen molar-refractivity contribution in [2.75, 3.05) is 11.5 Å². The maximum Gasteiger partial charge on any atom is 0.335 e. The minimum absolute atomic E-state index is 0.0990. The van der Waals surface area contributed by atoms with E-state index in [4.69, 9.17) is 4.74 Å². The summed E-state index contributed by atoms with van der Waals surface area (Å²) in [5.41, 5.74) is 0.189. The highest BCUT2D eigenvalue weighted by Gasteiger charge is 2.37. The van der Waals surface area contributed by atoms with Crippen LogP contribution in [0.3, 0.4) is 0 Å². The lowest BCUT2D eigenvalue weighted by molar-refractivity contribution is -0.384. The first-order valence-electron chi connectivity index (χ1n) is 10.2. The Morgan fingerprint density at radius 3 is 2.45 bits per heavy atom. The van der Waals surface area contributed by atoms with Crippen LogP contribution in [0.1, 0.15) is 18.9 Å². The molecule has 0 spiro atoms. The van der Waals surface area contributed by atoms with Gasteiger partial charge in [0.15, 0.2) is 0 Å². The molecule has 1 aliphatic rings. The van der Waals surface area contributed by atoms with Crippen molar-refractivity contribution in [3.05, 3.63) is 81.9 Å². The third-order valence-electron chi connectivity index (χ3n) is 5.10. The first-order chi connectivity index (χ1) is 15.9. The van der Waals surface area contributed by atoms with Crippen molar-refractivity contribution in [2.24, 2.45) is 0 Å². The Kier molecular flexibility index (Phi) is 5.86. The molecule has 3 aromatic carbocycles. The number of nitro benzene ring substituents is 1. The molecular formula is C24H19N3O6. The molecule has 1 heterocycles. The van der Waals surface area contributed by atoms with Gasteiger partial charge < -0.3 is 4.74 Å². The number of ether oxygens (including phenoxy) is 1. The number of rotatable bonds is 6. The molecule has 0 saturated carbocycles. The van der Waals surface area contributed by atoms with Crippen LogP contribution >= 0.6 is 0 Å². The Morgan fingerprint density at radius 2 is 1.76 bits per heavy atom. The normalized spacial score (nSPS) is 15.1. The number of amides is 4. The van der Waals surface area contributed by atoms with Crippen molar-refractivity contribution >= 4 is 46.1 Å². The molecule has 0 atom stereocenters. The summed E-state index contributed by atoms with van der Waals surface area (Å²) >= 11 is 0. The summed E-state index contributed by atoms with van der Waals surface area (Å²) in [5.74, 6) is -1.17. The summed E-state index contributed by atoms with van der Waals surface area (Å²) in [6.45, 7) is 2.41. The highest BCUT2D eigenvalue weighted by Crippen LogP contribution is 2.32. The van der Waals surface area contributed by atoms with E-state index in [9.17, 15) is 24.5 Å². The van der Waals surface area contributed by atoms with E-state index in [2.05, 4.69) is 5.32 Å². The number of fused-ring (bicyclic) bond motifs is 1. The predicted molar refractivity (Wildman–Crippen MR) is 122 cm³/mol. The quantitative estimate of drug-likeness (QED) is 0.263. The summed E-state index contributed by atoms with van der Waals surface area (Å²) in [6, 6.07) is 15.1. The van der Waals surface area contributed by atoms with Gasteiger partial charge in [-0.3, -0.25) is 25.0 Å². The molecule has 1 fully saturated rings. The minimum atomic E-state index is -0.934. The Morgan fingerprint density at radius 1 is 1.03 bits per heavy atom. The van der Waals surface area contributed by atoms with Gasteiger partial charge in [-0.2, -0.15) is 0 Å². The maximum absolute atomic E-state index is 13.2. The van der Waals surface area contributed by atoms with E-state index in [1.54, 1.807) is 6.07 Å². The number of urea groups is 1. The van der Waals surface area contributed by atoms with Gasteiger partial charge in [0.1, 0.15) is 11.3 Å². The van der Waals surface area contributed by atoms with Gasteiger partial charge in [-0.1, -0.05) is 37.3 Å². The number of imide groups is 2. The first kappa shape index (κ1) is 21.7. The van der Waals surface area contributed by atoms with Gasteiger partial charge in [-0.15, -0.1) is 0 Å². The largest absolute Gasteiger partial charge is 0.493 e. The van der Waals surface area contributed by atoms with Crippen LogP contribution in [-0.4, -0.2) is 29.4 Å². The number of nitrogens with zero attached hydrogens (tertiary/aromatic N) is 2. The predicted octanol–water partition coefficient (Wildman–Crippen LogP) is 4.20. The fourth-order valence-electron chi connectivity index (χ4n) is 3.52. The van der Waals surface area contributed by atoms with E-state index in [0.717, 1.165) is 22.1 Å². The Hall–Kier alpha value is -4.53. The number of carbonyl (C=O) groups is 3. The number of hydrogen-bond acceptors (Lipinski definition) is 6. The Balaban J connectivity index is 1.81. The molecule has 0 aromatic heterocycles. The molecule has 0 unspecified atom stereocenters. The Labute approximate surface area is 188 Å². The number of barbiturate groups is 1. The van der Waals surface area contributed by atoms with Gasteiger partial charge >= 0.3 is 6.03 Å². The van der Waals surface area contributed by atoms with Crippen LogP contribution < -0.4 is 15.0 Å². The molecule has 33 heavy (non-hydrogen) atoms. The molecule has 4 amide bonds. The molecule has 9 nitrogen and oxygen atoms in total. The zero-order chi connectivity index (χ0) is 23.5. The monoisotopic (exact) mass is 445 g/mol. The van der Waals surface area contributed by atoms with E-state index in [1.807, 2.05) is 37.3 Å². The number of non-ortho nitro benzene ring substituents is 1. The second-order valence-corrected chi connectivity index (χ2v) is 7.28. The van der Waals surface area contributed by atoms with Gasteiger partial charge in [0, 0.05) is 17.7 Å². The van der Waals surface area contributed by atoms with Crippen LogP contribution in [0.5, 0.6) is 5.75 Å². The van der Waals surface area contributed by atoms with Crippen molar-refractivity contribution in [1.82, 2.24) is 5.32 Å². The van der Waals surface area contributed by atoms with Crippen molar-refractivity contribution in [3.63, 3.8) is 0 Å². The number of anilines is 1. The fraction of sp³-hybridized carbons (Fsp3) is 0.125. The topological polar surface area (TPSA) is 119 Å². The van der Waals surface area contributed by atoms with Crippen LogP contribution in [0, 0.1) is 10.1 Å². The molecule has 166 valence electrons. The minimum Gasteiger partial charge on any atom is -0.493 e. The van der Waals surface area contributed by atoms with E-state index >= 15 is 0 Å². The maximum atomic E-state index is 13.2. The number of hydrogen-bond donors (Lipinski definition) is 1. The zero-order valence-electron chi connectivity index (χ0n) is 17.6. The standard InChI is InChI=1S/C24H19N3O6/c1-2-13-33-21-12-7-15-5-3-4-6-18(15)19(21)14-20-22(28)25-24(30)26(23(20)29)16-8-10-17(11-9-16)27(31)32/h3-12,14H,2,13H2,1H3,(H,25,28,30). The summed E-state index contributed by atoms with van der Waals surface area (Å²) in [4.78, 5) is 49.4. The third kappa shape index (κ3) is 4.16. The highest BCUT2D eigenvalue weighted by atomic mass is 16.6. The summed E-state index contributed by atoms with van der Waals surface area (Å²) in [6.07, 6.45) is 2.18. The first-order valence-corrected chi connectivity index (χ1v) is 10.2. The lowest BCUT2D eigenvalue weighted by Crippen LogP contribution is -2.54. The van der Waals surface area contributed by atoms with Crippen molar-refractivity contribution in [2.45, 2.75) is 13.3 Å². The highest BCUT2D eigenvalue weighted by molar-refractivity contribution is 6.39. The molecule has 4 rings (SSSR count). The second-order valence-electron chi connectivity index (χ2n) is 7.28. The van der Waals surface area contributed by atoms with Gasteiger partial charge in [-0.25, -0.2) is 9.69 Å². The molecular weight excluding hydrogens is 426 g/mol. The fourth-order valence-corrected chi connectivity index (χ4v) is 3.52. The van der Waals surface area contributed by atoms with Gasteiger partial charge in [0.25, 0.3) is 17.5 Å². The molecule has 0 bridgehead atoms. The molecule has 9 heteroatoms. The lowest BCUT2D eigenvalue weighted by Gasteiger charge is -2.26. The van der Waals surface area contributed by atoms with Crippen molar-refractivity contribution in [1.29, 1.82) is 0 Å². The summed E-state index contributed by atoms with van der Waals surface area (Å²) < 4.78 is 5.84. The zero-order valence-corrected chi connectivity index (χ0v) is 17.6. The van der Waals surface area contributed by atoms with E-state index in [0.29, 0.717) is 17.9 Å². The molecule has 0 aliphatic carbocycles. The smallest absolute Gasteiger partial charge is 0.335 e. The van der Waals surface area contributed by atoms with Crippen LogP contribution in [-0.2, 0) is 9.59 Å². The van der Waals surface area contributed by atoms with Crippen LogP contribution in [0.2, 0.25) is 0 Å². The Bertz CT molecular complexity index is 1310. The average Bonchev–Trinajstić information content (AvgIpc) is 2.81. The number of carbonyl (C=O) groups excluding carboxylic acids is 3. The van der Waals surface area contributed by atoms with E-state index in [1.165, 1.54) is 30.3 Å². The van der Waals surface area contributed by atoms with Gasteiger partial charge in [-0.05, 0) is 41.5 Å². The number of benzene rings is 3. The van der Waals surface area contributed by atoms with Crippen LogP contribution in [0.15, 0.2) is 66.2 Å². The second kappa shape index (κ2) is 8.91. The number of nitrogens with one attached hydrogen (secondary N) is 1. The van der Waals surface area contributed by atoms with Crippen molar-refractivity contribution in [3.8, 4) is 5.75 Å². The van der Waals surface area contributed by atoms with E-state index in [-0.39, 0.29) is 16.9 Å². The summed E-state index contributed by atoms with van der Waals surface area (Å²) in [7, 11) is 0. The average molecular weight is 445 g/mol. The van der Waals surface area contributed by atoms with E-state index < -0.39 is 22.8 Å². The molecule has 0 radical (unpaired) electrons. The van der Waals surface area contributed by atoms with Gasteiger partial charge in [0.2, 0.25) is 0 Å². The molecule has 1 aliphatic heterocycles. The summed E-state index contributed by atoms with van der Waals surface area (Å²) in [5, 5.41) is 14.7. The molecule has 1 saturated heterocycles. The lowest BCUT2D eigenvalue weighted by atomic mass is 9.99. The molecule has 3 aromatic rings.